The van der Waals surface area contributed by atoms with E-state index in [9.17, 15) is 34.2 Å². The molecular weight excluding hydrogens is 695 g/mol. The van der Waals surface area contributed by atoms with Crippen LogP contribution in [-0.4, -0.2) is 121 Å². The van der Waals surface area contributed by atoms with Gasteiger partial charge in [0.2, 0.25) is 22.8 Å². The number of nitrogens with one attached hydrogen (secondary N) is 2. The summed E-state index contributed by atoms with van der Waals surface area (Å²) in [5, 5.41) is 39.5. The number of aryl methyl sites for hydroxylation is 1. The molecule has 23 heteroatoms. The first kappa shape index (κ1) is 36.3. The van der Waals surface area contributed by atoms with Crippen molar-refractivity contribution in [3.8, 4) is 0 Å². The van der Waals surface area contributed by atoms with Crippen molar-refractivity contribution in [1.82, 2.24) is 45.1 Å². The van der Waals surface area contributed by atoms with Crippen LogP contribution in [0.4, 0.5) is 9.93 Å². The van der Waals surface area contributed by atoms with E-state index >= 15 is 0 Å². The number of carbonyl (C=O) groups excluding carboxylic acids is 3. The molecule has 0 aliphatic carbocycles. The molecule has 3 atom stereocenters. The van der Waals surface area contributed by atoms with Crippen LogP contribution in [0.3, 0.4) is 0 Å². The molecule has 4 heterocycles. The lowest BCUT2D eigenvalue weighted by Crippen LogP contribution is -2.71. The summed E-state index contributed by atoms with van der Waals surface area (Å²) < 4.78 is 10.7. The molecule has 3 amide bonds. The van der Waals surface area contributed by atoms with Crippen molar-refractivity contribution in [2.24, 2.45) is 5.16 Å². The van der Waals surface area contributed by atoms with E-state index in [2.05, 4.69) is 40.7 Å². The number of nitrogens with two attached hydrogens (primary N) is 1. The maximum Gasteiger partial charge on any atom is 0.407 e. The number of alkyl carbamates (subject to hydrolysis) is 1. The molecule has 20 nitrogen and oxygen atoms in total. The monoisotopic (exact) mass is 727 g/mol. The molecule has 2 aliphatic rings. The second-order valence-corrected chi connectivity index (χ2v) is 13.9. The van der Waals surface area contributed by atoms with Gasteiger partial charge in [0.1, 0.15) is 22.7 Å². The quantitative estimate of drug-likeness (QED) is 0.0536. The highest BCUT2D eigenvalue weighted by atomic mass is 32.2. The van der Waals surface area contributed by atoms with Crippen molar-refractivity contribution in [2.75, 3.05) is 23.8 Å². The summed E-state index contributed by atoms with van der Waals surface area (Å²) >= 11 is 3.20. The van der Waals surface area contributed by atoms with Gasteiger partial charge in [0, 0.05) is 36.1 Å². The normalized spacial score (nSPS) is 18.5. The van der Waals surface area contributed by atoms with E-state index in [1.807, 2.05) is 0 Å². The first-order chi connectivity index (χ1) is 22.7. The van der Waals surface area contributed by atoms with Crippen LogP contribution in [0.1, 0.15) is 46.4 Å². The molecule has 1 saturated heterocycles. The molecule has 4 rings (SSSR count). The van der Waals surface area contributed by atoms with E-state index < -0.39 is 58.7 Å². The van der Waals surface area contributed by atoms with E-state index in [1.165, 1.54) is 28.2 Å². The van der Waals surface area contributed by atoms with Crippen LogP contribution in [0.5, 0.6) is 0 Å². The van der Waals surface area contributed by atoms with Crippen molar-refractivity contribution in [1.29, 1.82) is 0 Å². The number of hydrogen-bond donors (Lipinski definition) is 5. The molecule has 0 spiro atoms. The van der Waals surface area contributed by atoms with Crippen LogP contribution < -0.4 is 16.4 Å². The first-order valence-electron chi connectivity index (χ1n) is 14.3. The van der Waals surface area contributed by atoms with E-state index in [1.54, 1.807) is 27.7 Å². The average Bonchev–Trinajstić information content (AvgIpc) is 3.65. The van der Waals surface area contributed by atoms with Crippen LogP contribution >= 0.6 is 35.1 Å². The minimum atomic E-state index is -1.36. The Hall–Kier alpha value is -4.51. The number of ether oxygens (including phenoxy) is 1. The average molecular weight is 728 g/mol. The summed E-state index contributed by atoms with van der Waals surface area (Å²) in [5.74, 6) is -4.09. The molecular formula is C25H33N11O9S3. The fourth-order valence-electron chi connectivity index (χ4n) is 4.26. The fourth-order valence-corrected chi connectivity index (χ4v) is 7.08. The maximum atomic E-state index is 13.2. The van der Waals surface area contributed by atoms with Gasteiger partial charge in [0.25, 0.3) is 11.8 Å². The number of aromatic nitrogens is 6. The Morgan fingerprint density at radius 2 is 2.00 bits per heavy atom. The number of β-lactam (4-membered cyclic amide) rings is 1. The van der Waals surface area contributed by atoms with Gasteiger partial charge in [-0.1, -0.05) is 23.8 Å². The number of nitrogen functional groups attached to an aromatic ring is 1. The Morgan fingerprint density at radius 1 is 1.25 bits per heavy atom. The van der Waals surface area contributed by atoms with Crippen LogP contribution in [-0.2, 0) is 35.3 Å². The molecule has 6 N–H and O–H groups in total. The van der Waals surface area contributed by atoms with Crippen molar-refractivity contribution in [2.45, 2.75) is 75.4 Å². The molecule has 48 heavy (non-hydrogen) atoms. The number of hydrogen-bond acceptors (Lipinski definition) is 17. The zero-order chi connectivity index (χ0) is 35.2. The number of aliphatic carboxylic acids is 2. The Bertz CT molecular complexity index is 1620. The summed E-state index contributed by atoms with van der Waals surface area (Å²) in [6.45, 7) is 7.52. The third kappa shape index (κ3) is 8.89. The fraction of sp³-hybridized carbons (Fsp3) is 0.560. The number of nitrogens with zero attached hydrogens (tertiary/aromatic N) is 8. The van der Waals surface area contributed by atoms with Crippen molar-refractivity contribution < 1.29 is 43.8 Å². The minimum absolute atomic E-state index is 0.00961. The summed E-state index contributed by atoms with van der Waals surface area (Å²) in [7, 11) is 0. The SMILES string of the molecule is CCC(ON=C(C(=O)NC1C(=O)N2C(C(=O)O)=C(CSc3nnnn3CCCNC(=O)OC(C)(C)C)CS[C@@H]12)c1nsc(N)n1)C(=O)O. The zero-order valence-electron chi connectivity index (χ0n) is 26.1. The molecule has 0 aromatic carbocycles. The molecule has 1 fully saturated rings. The van der Waals surface area contributed by atoms with Crippen LogP contribution in [0.15, 0.2) is 21.6 Å². The van der Waals surface area contributed by atoms with Gasteiger partial charge in [0.15, 0.2) is 5.13 Å². The third-order valence-corrected chi connectivity index (χ3v) is 9.34. The van der Waals surface area contributed by atoms with E-state index in [0.717, 1.165) is 16.4 Å². The largest absolute Gasteiger partial charge is 0.478 e. The van der Waals surface area contributed by atoms with E-state index in [0.29, 0.717) is 30.2 Å². The first-order valence-corrected chi connectivity index (χ1v) is 17.1. The Morgan fingerprint density at radius 3 is 2.62 bits per heavy atom. The number of carbonyl (C=O) groups is 5. The van der Waals surface area contributed by atoms with Gasteiger partial charge < -0.3 is 36.2 Å². The molecule has 2 aromatic heterocycles. The number of tetrazole rings is 1. The van der Waals surface area contributed by atoms with Gasteiger partial charge in [-0.2, -0.15) is 9.36 Å². The van der Waals surface area contributed by atoms with Crippen LogP contribution in [0.2, 0.25) is 0 Å². The van der Waals surface area contributed by atoms with E-state index in [4.69, 9.17) is 15.3 Å². The number of amides is 3. The molecule has 0 bridgehead atoms. The number of carboxylic acid groups (broad SMARTS) is 2. The third-order valence-electron chi connectivity index (χ3n) is 6.41. The highest BCUT2D eigenvalue weighted by Crippen LogP contribution is 2.41. The lowest BCUT2D eigenvalue weighted by Gasteiger charge is -2.49. The second-order valence-electron chi connectivity index (χ2n) is 11.1. The number of oxime groups is 1. The molecule has 260 valence electrons. The number of thioether (sulfide) groups is 2. The van der Waals surface area contributed by atoms with Gasteiger partial charge >= 0.3 is 18.0 Å². The number of rotatable bonds is 15. The Kier molecular flexibility index (Phi) is 11.8. The number of carboxylic acids is 2. The smallest absolute Gasteiger partial charge is 0.407 e. The predicted molar refractivity (Wildman–Crippen MR) is 171 cm³/mol. The van der Waals surface area contributed by atoms with E-state index in [-0.39, 0.29) is 34.6 Å². The van der Waals surface area contributed by atoms with Gasteiger partial charge in [-0.3, -0.25) is 14.5 Å². The zero-order valence-corrected chi connectivity index (χ0v) is 28.6. The van der Waals surface area contributed by atoms with Crippen molar-refractivity contribution in [3.63, 3.8) is 0 Å². The van der Waals surface area contributed by atoms with Gasteiger partial charge in [-0.15, -0.1) is 16.9 Å². The van der Waals surface area contributed by atoms with Crippen molar-refractivity contribution >= 4 is 75.7 Å². The summed E-state index contributed by atoms with van der Waals surface area (Å²) in [6.07, 6.45) is -1.36. The Labute approximate surface area is 285 Å². The maximum absolute atomic E-state index is 13.2. The molecule has 2 aliphatic heterocycles. The van der Waals surface area contributed by atoms with Gasteiger partial charge in [0.05, 0.1) is 0 Å². The highest BCUT2D eigenvalue weighted by Gasteiger charge is 2.54. The minimum Gasteiger partial charge on any atom is -0.478 e. The molecule has 2 aromatic rings. The molecule has 2 unspecified atom stereocenters. The summed E-state index contributed by atoms with van der Waals surface area (Å²) in [4.78, 5) is 72.1. The molecule has 0 radical (unpaired) electrons. The lowest BCUT2D eigenvalue weighted by molar-refractivity contribution is -0.151. The Balaban J connectivity index is 1.39. The van der Waals surface area contributed by atoms with Crippen molar-refractivity contribution in [3.05, 3.63) is 17.1 Å². The predicted octanol–water partition coefficient (Wildman–Crippen LogP) is 0.136. The van der Waals surface area contributed by atoms with Gasteiger partial charge in [-0.05, 0) is 49.6 Å². The summed E-state index contributed by atoms with van der Waals surface area (Å²) in [5.41, 5.74) is 4.76. The lowest BCUT2D eigenvalue weighted by atomic mass is 10.0. The summed E-state index contributed by atoms with van der Waals surface area (Å²) in [6, 6.07) is -1.13. The highest BCUT2D eigenvalue weighted by molar-refractivity contribution is 8.01. The second kappa shape index (κ2) is 15.6. The van der Waals surface area contributed by atoms with Crippen LogP contribution in [0.25, 0.3) is 0 Å². The number of anilines is 1. The molecule has 0 saturated carbocycles. The van der Waals surface area contributed by atoms with Crippen LogP contribution in [0, 0.1) is 0 Å². The standard InChI is InChI=1S/C25H33N11O9S3/c1-5-12(20(39)40)45-31-13(16-29-22(26)48-32-16)17(37)28-14-18(38)36-15(21(41)42)11(9-46-19(14)36)10-47-23-30-33-34-35(23)8-6-7-27-24(43)44-25(2,3)4/h12,14,19H,5-10H2,1-4H3,(H,27,43)(H,28,37)(H,39,40)(H,41,42)(H2,26,29,32)/t12?,14?,19-/m0/s1. The van der Waals surface area contributed by atoms with Gasteiger partial charge in [-0.25, -0.2) is 19.1 Å². The topological polar surface area (TPSA) is 279 Å². The number of fused-ring (bicyclic) bond motifs is 1.